The Bertz CT molecular complexity index is 1150. The van der Waals surface area contributed by atoms with Gasteiger partial charge in [-0.15, -0.1) is 0 Å². The van der Waals surface area contributed by atoms with E-state index in [0.717, 1.165) is 5.56 Å². The van der Waals surface area contributed by atoms with E-state index in [1.54, 1.807) is 43.3 Å². The minimum Gasteiger partial charge on any atom is -0.487 e. The standard InChI is InChI=1S/C19H16Cl2N6O4/c1-12(9-26-11-22-19(25-26)27(29)30)23-24-18(28)14-4-2-3-13(7-14)10-31-17-6-5-15(20)8-16(17)21/h2-8,11H,9-10H2,1H3,(H,24,28)/b23-12+. The molecule has 3 rings (SSSR count). The van der Waals surface area contributed by atoms with Crippen molar-refractivity contribution in [2.24, 2.45) is 5.10 Å². The maximum atomic E-state index is 12.4. The van der Waals surface area contributed by atoms with Crippen LogP contribution in [0.15, 0.2) is 53.9 Å². The van der Waals surface area contributed by atoms with Crippen LogP contribution >= 0.6 is 23.2 Å². The molecule has 0 bridgehead atoms. The van der Waals surface area contributed by atoms with Gasteiger partial charge in [0.1, 0.15) is 12.4 Å². The number of benzene rings is 2. The van der Waals surface area contributed by atoms with Gasteiger partial charge >= 0.3 is 5.95 Å². The van der Waals surface area contributed by atoms with Crippen molar-refractivity contribution in [2.45, 2.75) is 20.1 Å². The first-order chi connectivity index (χ1) is 14.8. The number of ether oxygens (including phenoxy) is 1. The molecule has 1 aromatic heterocycles. The summed E-state index contributed by atoms with van der Waals surface area (Å²) in [6, 6.07) is 11.8. The lowest BCUT2D eigenvalue weighted by Gasteiger charge is -2.09. The van der Waals surface area contributed by atoms with E-state index in [2.05, 4.69) is 20.6 Å². The molecule has 0 unspecified atom stereocenters. The number of aromatic nitrogens is 3. The number of nitrogens with one attached hydrogen (secondary N) is 1. The van der Waals surface area contributed by atoms with Gasteiger partial charge in [0.2, 0.25) is 6.33 Å². The Balaban J connectivity index is 1.58. The van der Waals surface area contributed by atoms with E-state index in [0.29, 0.717) is 27.1 Å². The highest BCUT2D eigenvalue weighted by molar-refractivity contribution is 6.35. The molecule has 0 aliphatic carbocycles. The lowest BCUT2D eigenvalue weighted by molar-refractivity contribution is -0.394. The maximum Gasteiger partial charge on any atom is 0.490 e. The van der Waals surface area contributed by atoms with Gasteiger partial charge in [0.15, 0.2) is 0 Å². The van der Waals surface area contributed by atoms with Crippen LogP contribution < -0.4 is 10.2 Å². The number of amides is 1. The first kappa shape index (κ1) is 22.2. The molecule has 2 aromatic carbocycles. The van der Waals surface area contributed by atoms with Gasteiger partial charge in [0.25, 0.3) is 5.91 Å². The maximum absolute atomic E-state index is 12.4. The van der Waals surface area contributed by atoms with Gasteiger partial charge in [-0.05, 0) is 47.7 Å². The molecular weight excluding hydrogens is 447 g/mol. The zero-order valence-corrected chi connectivity index (χ0v) is 17.7. The topological polar surface area (TPSA) is 125 Å². The molecule has 1 heterocycles. The summed E-state index contributed by atoms with van der Waals surface area (Å²) < 4.78 is 6.94. The van der Waals surface area contributed by atoms with Gasteiger partial charge in [-0.1, -0.05) is 40.3 Å². The van der Waals surface area contributed by atoms with Crippen LogP contribution in [0, 0.1) is 10.1 Å². The summed E-state index contributed by atoms with van der Waals surface area (Å²) in [5, 5.41) is 19.2. The highest BCUT2D eigenvalue weighted by Gasteiger charge is 2.13. The minimum absolute atomic E-state index is 0.136. The molecule has 10 nitrogen and oxygen atoms in total. The third-order valence-corrected chi connectivity index (χ3v) is 4.43. The van der Waals surface area contributed by atoms with Crippen molar-refractivity contribution in [3.05, 3.63) is 80.1 Å². The first-order valence-electron chi connectivity index (χ1n) is 8.86. The van der Waals surface area contributed by atoms with E-state index in [1.807, 2.05) is 6.07 Å². The van der Waals surface area contributed by atoms with Crippen LogP contribution in [-0.4, -0.2) is 31.3 Å². The van der Waals surface area contributed by atoms with Crippen LogP contribution in [-0.2, 0) is 13.2 Å². The van der Waals surface area contributed by atoms with E-state index < -0.39 is 16.8 Å². The molecule has 0 radical (unpaired) electrons. The molecule has 0 aliphatic rings. The van der Waals surface area contributed by atoms with Gasteiger partial charge in [-0.25, -0.2) is 5.43 Å². The Morgan fingerprint density at radius 2 is 2.10 bits per heavy atom. The van der Waals surface area contributed by atoms with Gasteiger partial charge in [-0.2, -0.15) is 9.78 Å². The van der Waals surface area contributed by atoms with Crippen molar-refractivity contribution in [3.63, 3.8) is 0 Å². The summed E-state index contributed by atoms with van der Waals surface area (Å²) in [7, 11) is 0. The predicted octanol–water partition coefficient (Wildman–Crippen LogP) is 3.88. The average Bonchev–Trinajstić information content (AvgIpc) is 3.20. The first-order valence-corrected chi connectivity index (χ1v) is 9.61. The predicted molar refractivity (Wildman–Crippen MR) is 114 cm³/mol. The van der Waals surface area contributed by atoms with E-state index in [-0.39, 0.29) is 13.2 Å². The summed E-state index contributed by atoms with van der Waals surface area (Å²) >= 11 is 12.0. The van der Waals surface area contributed by atoms with Crippen LogP contribution in [0.25, 0.3) is 0 Å². The van der Waals surface area contributed by atoms with E-state index >= 15 is 0 Å². The summed E-state index contributed by atoms with van der Waals surface area (Å²) in [5.41, 5.74) is 4.06. The summed E-state index contributed by atoms with van der Waals surface area (Å²) in [6.07, 6.45) is 1.22. The molecule has 31 heavy (non-hydrogen) atoms. The van der Waals surface area contributed by atoms with Crippen LogP contribution in [0.5, 0.6) is 5.75 Å². The number of carbonyl (C=O) groups is 1. The van der Waals surface area contributed by atoms with E-state index in [4.69, 9.17) is 27.9 Å². The summed E-state index contributed by atoms with van der Waals surface area (Å²) in [6.45, 7) is 1.99. The molecule has 0 spiro atoms. The fourth-order valence-electron chi connectivity index (χ4n) is 2.48. The van der Waals surface area contributed by atoms with Crippen LogP contribution in [0.4, 0.5) is 5.95 Å². The van der Waals surface area contributed by atoms with Crippen molar-refractivity contribution in [1.29, 1.82) is 0 Å². The van der Waals surface area contributed by atoms with Crippen LogP contribution in [0.1, 0.15) is 22.8 Å². The monoisotopic (exact) mass is 462 g/mol. The smallest absolute Gasteiger partial charge is 0.487 e. The van der Waals surface area contributed by atoms with Gasteiger partial charge in [0.05, 0.1) is 17.3 Å². The summed E-state index contributed by atoms with van der Waals surface area (Å²) in [5.74, 6) is -0.444. The van der Waals surface area contributed by atoms with Crippen LogP contribution in [0.2, 0.25) is 10.0 Å². The molecule has 3 aromatic rings. The van der Waals surface area contributed by atoms with Crippen molar-refractivity contribution in [2.75, 3.05) is 0 Å². The van der Waals surface area contributed by atoms with Gasteiger partial charge in [0, 0.05) is 15.7 Å². The Morgan fingerprint density at radius 3 is 2.81 bits per heavy atom. The second-order valence-corrected chi connectivity index (χ2v) is 7.19. The Hall–Kier alpha value is -3.50. The molecule has 12 heteroatoms. The fraction of sp³-hybridized carbons (Fsp3) is 0.158. The van der Waals surface area contributed by atoms with E-state index in [1.165, 1.54) is 11.0 Å². The molecule has 160 valence electrons. The Labute approximate surface area is 186 Å². The second kappa shape index (κ2) is 10.0. The molecule has 1 amide bonds. The molecule has 0 atom stereocenters. The molecular formula is C19H16Cl2N6O4. The highest BCUT2D eigenvalue weighted by atomic mass is 35.5. The second-order valence-electron chi connectivity index (χ2n) is 6.35. The van der Waals surface area contributed by atoms with Gasteiger partial charge < -0.3 is 14.9 Å². The number of hydrogen-bond acceptors (Lipinski definition) is 7. The number of hydrazone groups is 1. The zero-order valence-electron chi connectivity index (χ0n) is 16.2. The number of carbonyl (C=O) groups excluding carboxylic acids is 1. The normalized spacial score (nSPS) is 11.3. The molecule has 0 saturated carbocycles. The zero-order chi connectivity index (χ0) is 22.4. The Morgan fingerprint density at radius 1 is 1.29 bits per heavy atom. The van der Waals surface area contributed by atoms with Crippen molar-refractivity contribution < 1.29 is 14.5 Å². The summed E-state index contributed by atoms with van der Waals surface area (Å²) in [4.78, 5) is 25.9. The lowest BCUT2D eigenvalue weighted by Crippen LogP contribution is -2.21. The minimum atomic E-state index is -0.692. The number of nitrogens with zero attached hydrogens (tertiary/aromatic N) is 5. The number of halogens is 2. The van der Waals surface area contributed by atoms with Gasteiger partial charge in [-0.3, -0.25) is 4.79 Å². The molecule has 1 N–H and O–H groups in total. The lowest BCUT2D eigenvalue weighted by atomic mass is 10.1. The fourth-order valence-corrected chi connectivity index (χ4v) is 2.94. The van der Waals surface area contributed by atoms with Crippen LogP contribution in [0.3, 0.4) is 0 Å². The van der Waals surface area contributed by atoms with Crippen molar-refractivity contribution in [3.8, 4) is 5.75 Å². The quantitative estimate of drug-likeness (QED) is 0.307. The highest BCUT2D eigenvalue weighted by Crippen LogP contribution is 2.28. The molecule has 0 saturated heterocycles. The van der Waals surface area contributed by atoms with Crippen molar-refractivity contribution >= 4 is 40.8 Å². The van der Waals surface area contributed by atoms with Crippen molar-refractivity contribution in [1.82, 2.24) is 20.2 Å². The largest absolute Gasteiger partial charge is 0.490 e. The average molecular weight is 463 g/mol. The number of nitro groups is 1. The van der Waals surface area contributed by atoms with E-state index in [9.17, 15) is 14.9 Å². The third kappa shape index (κ3) is 6.24. The third-order valence-electron chi connectivity index (χ3n) is 3.90. The Kier molecular flexibility index (Phi) is 7.16. The SMILES string of the molecule is C/C(Cn1cnc([N+](=O)[O-])n1)=N\NC(=O)c1cccc(COc2ccc(Cl)cc2Cl)c1. The number of hydrogen-bond donors (Lipinski definition) is 1. The molecule has 0 fully saturated rings. The number of rotatable bonds is 8. The molecule has 0 aliphatic heterocycles.